The summed E-state index contributed by atoms with van der Waals surface area (Å²) in [5, 5.41) is 0. The van der Waals surface area contributed by atoms with Crippen LogP contribution < -0.4 is 0 Å². The Labute approximate surface area is 141 Å². The molecule has 1 fully saturated rings. The van der Waals surface area contributed by atoms with Gasteiger partial charge in [0.05, 0.1) is 11.4 Å². The molecule has 124 valence electrons. The molecule has 0 amide bonds. The third kappa shape index (κ3) is 3.48. The van der Waals surface area contributed by atoms with E-state index in [0.29, 0.717) is 5.69 Å². The zero-order valence-electron chi connectivity index (χ0n) is 13.2. The molecule has 1 unspecified atom stereocenters. The van der Waals surface area contributed by atoms with Crippen LogP contribution in [0.4, 0.5) is 4.39 Å². The maximum Gasteiger partial charge on any atom is 0.243 e. The number of nitrogens with zero attached hydrogens (tertiary/aromatic N) is 2. The standard InChI is InChI=1S/C18H17FN2O2S/c1-15-5-7-17(8-6-15)24(22,23)21-13-11-18(19,14-21)10-9-16-4-2-3-12-20-16/h2-8,12H,11,13-14H2,1H3. The lowest BCUT2D eigenvalue weighted by atomic mass is 10.1. The van der Waals surface area contributed by atoms with E-state index in [1.54, 1.807) is 48.7 Å². The third-order valence-electron chi connectivity index (χ3n) is 3.92. The van der Waals surface area contributed by atoms with E-state index in [1.807, 2.05) is 6.92 Å². The average Bonchev–Trinajstić information content (AvgIpc) is 2.98. The van der Waals surface area contributed by atoms with Crippen LogP contribution in [0.25, 0.3) is 0 Å². The topological polar surface area (TPSA) is 50.3 Å². The summed E-state index contributed by atoms with van der Waals surface area (Å²) >= 11 is 0. The Hall–Kier alpha value is -2.23. The van der Waals surface area contributed by atoms with Gasteiger partial charge in [-0.2, -0.15) is 4.31 Å². The van der Waals surface area contributed by atoms with Crippen molar-refractivity contribution < 1.29 is 12.8 Å². The van der Waals surface area contributed by atoms with E-state index in [4.69, 9.17) is 0 Å². The van der Waals surface area contributed by atoms with Crippen LogP contribution in [0.2, 0.25) is 0 Å². The Morgan fingerprint density at radius 3 is 2.62 bits per heavy atom. The quantitative estimate of drug-likeness (QED) is 0.787. The smallest absolute Gasteiger partial charge is 0.243 e. The zero-order valence-corrected chi connectivity index (χ0v) is 14.1. The Balaban J connectivity index is 1.79. The van der Waals surface area contributed by atoms with Gasteiger partial charge in [0.2, 0.25) is 10.0 Å². The van der Waals surface area contributed by atoms with Crippen LogP contribution in [-0.2, 0) is 10.0 Å². The van der Waals surface area contributed by atoms with Crippen molar-refractivity contribution in [2.45, 2.75) is 23.9 Å². The number of sulfonamides is 1. The van der Waals surface area contributed by atoms with Crippen LogP contribution in [0.15, 0.2) is 53.6 Å². The fourth-order valence-corrected chi connectivity index (χ4v) is 4.00. The number of benzene rings is 1. The number of rotatable bonds is 2. The van der Waals surface area contributed by atoms with Crippen LogP contribution >= 0.6 is 0 Å². The summed E-state index contributed by atoms with van der Waals surface area (Å²) in [6, 6.07) is 11.8. The van der Waals surface area contributed by atoms with Crippen LogP contribution in [0.1, 0.15) is 17.7 Å². The van der Waals surface area contributed by atoms with E-state index < -0.39 is 15.7 Å². The second-order valence-corrected chi connectivity index (χ2v) is 7.77. The number of halogens is 1. The summed E-state index contributed by atoms with van der Waals surface area (Å²) in [4.78, 5) is 4.20. The van der Waals surface area contributed by atoms with Gasteiger partial charge in [0.1, 0.15) is 5.69 Å². The number of hydrogen-bond acceptors (Lipinski definition) is 3. The van der Waals surface area contributed by atoms with Gasteiger partial charge in [-0.3, -0.25) is 0 Å². The minimum Gasteiger partial charge on any atom is -0.248 e. The van der Waals surface area contributed by atoms with Crippen LogP contribution in [0.5, 0.6) is 0 Å². The Morgan fingerprint density at radius 2 is 1.96 bits per heavy atom. The zero-order chi connectivity index (χ0) is 17.2. The van der Waals surface area contributed by atoms with Gasteiger partial charge in [-0.05, 0) is 37.1 Å². The van der Waals surface area contributed by atoms with Gasteiger partial charge < -0.3 is 0 Å². The lowest BCUT2D eigenvalue weighted by molar-refractivity contribution is 0.259. The first-order chi connectivity index (χ1) is 11.4. The van der Waals surface area contributed by atoms with Gasteiger partial charge in [0.25, 0.3) is 0 Å². The monoisotopic (exact) mass is 344 g/mol. The van der Waals surface area contributed by atoms with E-state index in [1.165, 1.54) is 0 Å². The summed E-state index contributed by atoms with van der Waals surface area (Å²) in [6.07, 6.45) is 1.63. The highest BCUT2D eigenvalue weighted by molar-refractivity contribution is 7.89. The number of aryl methyl sites for hydroxylation is 1. The second-order valence-electron chi connectivity index (χ2n) is 5.83. The molecule has 0 N–H and O–H groups in total. The summed E-state index contributed by atoms with van der Waals surface area (Å²) < 4.78 is 41.2. The summed E-state index contributed by atoms with van der Waals surface area (Å²) in [5.41, 5.74) is -0.416. The van der Waals surface area contributed by atoms with Gasteiger partial charge in [0.15, 0.2) is 5.67 Å². The fourth-order valence-electron chi connectivity index (χ4n) is 2.52. The van der Waals surface area contributed by atoms with E-state index >= 15 is 0 Å². The average molecular weight is 344 g/mol. The predicted molar refractivity (Wildman–Crippen MR) is 89.5 cm³/mol. The number of hydrogen-bond donors (Lipinski definition) is 0. The highest BCUT2D eigenvalue weighted by atomic mass is 32.2. The van der Waals surface area contributed by atoms with E-state index in [-0.39, 0.29) is 24.4 Å². The second kappa shape index (κ2) is 6.34. The highest BCUT2D eigenvalue weighted by Gasteiger charge is 2.42. The third-order valence-corrected chi connectivity index (χ3v) is 5.78. The molecule has 3 rings (SSSR count). The van der Waals surface area contributed by atoms with Crippen molar-refractivity contribution in [2.75, 3.05) is 13.1 Å². The lowest BCUT2D eigenvalue weighted by Gasteiger charge is -2.17. The number of alkyl halides is 1. The molecule has 0 bridgehead atoms. The van der Waals surface area contributed by atoms with Crippen molar-refractivity contribution in [2.24, 2.45) is 0 Å². The molecule has 1 aliphatic heterocycles. The molecule has 0 aliphatic carbocycles. The Morgan fingerprint density at radius 1 is 1.21 bits per heavy atom. The number of aromatic nitrogens is 1. The summed E-state index contributed by atoms with van der Waals surface area (Å²) in [5.74, 6) is 5.24. The normalized spacial score (nSPS) is 21.2. The largest absolute Gasteiger partial charge is 0.248 e. The molecular weight excluding hydrogens is 327 g/mol. The van der Waals surface area contributed by atoms with Crippen molar-refractivity contribution in [3.63, 3.8) is 0 Å². The molecule has 0 spiro atoms. The SMILES string of the molecule is Cc1ccc(S(=O)(=O)N2CCC(F)(C#Cc3ccccn3)C2)cc1. The van der Waals surface area contributed by atoms with E-state index in [0.717, 1.165) is 9.87 Å². The van der Waals surface area contributed by atoms with Gasteiger partial charge in [0, 0.05) is 19.2 Å². The van der Waals surface area contributed by atoms with Gasteiger partial charge in [-0.25, -0.2) is 17.8 Å². The molecule has 1 aliphatic rings. The fraction of sp³-hybridized carbons (Fsp3) is 0.278. The molecule has 1 aromatic heterocycles. The van der Waals surface area contributed by atoms with Crippen molar-refractivity contribution >= 4 is 10.0 Å². The van der Waals surface area contributed by atoms with Gasteiger partial charge >= 0.3 is 0 Å². The van der Waals surface area contributed by atoms with Crippen molar-refractivity contribution in [1.82, 2.24) is 9.29 Å². The van der Waals surface area contributed by atoms with Gasteiger partial charge in [-0.15, -0.1) is 0 Å². The van der Waals surface area contributed by atoms with E-state index in [2.05, 4.69) is 16.8 Å². The summed E-state index contributed by atoms with van der Waals surface area (Å²) in [6.45, 7) is 1.73. The molecule has 2 heterocycles. The Kier molecular flexibility index (Phi) is 4.39. The minimum absolute atomic E-state index is 0.0535. The molecule has 1 saturated heterocycles. The summed E-state index contributed by atoms with van der Waals surface area (Å²) in [7, 11) is -3.70. The van der Waals surface area contributed by atoms with Gasteiger partial charge in [-0.1, -0.05) is 29.7 Å². The first kappa shape index (κ1) is 16.6. The molecule has 0 radical (unpaired) electrons. The molecule has 1 aromatic carbocycles. The van der Waals surface area contributed by atoms with Crippen molar-refractivity contribution in [3.8, 4) is 11.8 Å². The lowest BCUT2D eigenvalue weighted by Crippen LogP contribution is -2.32. The van der Waals surface area contributed by atoms with Crippen molar-refractivity contribution in [1.29, 1.82) is 0 Å². The van der Waals surface area contributed by atoms with Crippen LogP contribution in [0, 0.1) is 18.8 Å². The van der Waals surface area contributed by atoms with Crippen LogP contribution in [0.3, 0.4) is 0 Å². The highest BCUT2D eigenvalue weighted by Crippen LogP contribution is 2.29. The van der Waals surface area contributed by atoms with Crippen molar-refractivity contribution in [3.05, 3.63) is 59.9 Å². The first-order valence-electron chi connectivity index (χ1n) is 7.59. The maximum absolute atomic E-state index is 14.9. The molecule has 4 nitrogen and oxygen atoms in total. The molecule has 24 heavy (non-hydrogen) atoms. The minimum atomic E-state index is -3.70. The molecule has 1 atom stereocenters. The Bertz CT molecular complexity index is 886. The first-order valence-corrected chi connectivity index (χ1v) is 9.03. The molecule has 2 aromatic rings. The molecule has 6 heteroatoms. The maximum atomic E-state index is 14.9. The van der Waals surface area contributed by atoms with E-state index in [9.17, 15) is 12.8 Å². The molecule has 0 saturated carbocycles. The predicted octanol–water partition coefficient (Wildman–Crippen LogP) is 2.54. The number of pyridine rings is 1. The van der Waals surface area contributed by atoms with Crippen LogP contribution in [-0.4, -0.2) is 36.5 Å². The molecular formula is C18H17FN2O2S.